The summed E-state index contributed by atoms with van der Waals surface area (Å²) in [6, 6.07) is 6.05. The number of imide groups is 1. The first kappa shape index (κ1) is 21.8. The summed E-state index contributed by atoms with van der Waals surface area (Å²) in [4.78, 5) is 33.8. The minimum atomic E-state index is -0.392. The van der Waals surface area contributed by atoms with Gasteiger partial charge in [0.25, 0.3) is 0 Å². The number of carbonyl (C=O) groups excluding carboxylic acids is 2. The zero-order chi connectivity index (χ0) is 22.8. The molecule has 2 aromatic heterocycles. The first-order valence-corrected chi connectivity index (χ1v) is 12.0. The molecule has 3 aromatic rings. The SMILES string of the molecule is O=C(CN1CCN(c2nn3cc(-c4ccc(F)cc4)nc3s2)CC1)NC(=O)NC1CCCC1. The van der Waals surface area contributed by atoms with E-state index in [0.717, 1.165) is 60.1 Å². The Labute approximate surface area is 194 Å². The zero-order valence-electron chi connectivity index (χ0n) is 18.2. The molecule has 174 valence electrons. The summed E-state index contributed by atoms with van der Waals surface area (Å²) in [5, 5.41) is 10.8. The standard InChI is InChI=1S/C22H26FN7O2S/c23-16-7-5-15(6-8-16)18-13-30-21(25-18)33-22(27-30)29-11-9-28(10-12-29)14-19(31)26-20(32)24-17-3-1-2-4-17/h5-8,13,17H,1-4,9-12,14H2,(H2,24,26,31,32). The van der Waals surface area contributed by atoms with Crippen molar-refractivity contribution in [1.82, 2.24) is 30.1 Å². The van der Waals surface area contributed by atoms with Gasteiger partial charge in [-0.15, -0.1) is 5.10 Å². The number of nitrogens with one attached hydrogen (secondary N) is 2. The topological polar surface area (TPSA) is 94.9 Å². The van der Waals surface area contributed by atoms with Crippen LogP contribution < -0.4 is 15.5 Å². The number of urea groups is 1. The number of piperazine rings is 1. The third-order valence-electron chi connectivity index (χ3n) is 6.13. The molecule has 0 spiro atoms. The predicted octanol–water partition coefficient (Wildman–Crippen LogP) is 2.49. The summed E-state index contributed by atoms with van der Waals surface area (Å²) in [6.07, 6.45) is 6.07. The lowest BCUT2D eigenvalue weighted by molar-refractivity contribution is -0.121. The van der Waals surface area contributed by atoms with Crippen molar-refractivity contribution < 1.29 is 14.0 Å². The molecule has 1 aromatic carbocycles. The van der Waals surface area contributed by atoms with Crippen LogP contribution in [0.3, 0.4) is 0 Å². The second-order valence-electron chi connectivity index (χ2n) is 8.51. The first-order chi connectivity index (χ1) is 16.0. The van der Waals surface area contributed by atoms with E-state index in [1.165, 1.54) is 23.5 Å². The van der Waals surface area contributed by atoms with Crippen LogP contribution in [-0.4, -0.2) is 70.2 Å². The maximum Gasteiger partial charge on any atom is 0.321 e. The molecule has 3 heterocycles. The average molecular weight is 472 g/mol. The van der Waals surface area contributed by atoms with Gasteiger partial charge in [-0.3, -0.25) is 15.0 Å². The number of imidazole rings is 1. The van der Waals surface area contributed by atoms with Gasteiger partial charge in [-0.25, -0.2) is 18.7 Å². The van der Waals surface area contributed by atoms with Gasteiger partial charge in [0.2, 0.25) is 16.0 Å². The Morgan fingerprint density at radius 3 is 2.52 bits per heavy atom. The first-order valence-electron chi connectivity index (χ1n) is 11.2. The van der Waals surface area contributed by atoms with E-state index in [4.69, 9.17) is 0 Å². The van der Waals surface area contributed by atoms with Gasteiger partial charge in [0.15, 0.2) is 0 Å². The molecule has 2 N–H and O–H groups in total. The van der Waals surface area contributed by atoms with E-state index in [9.17, 15) is 14.0 Å². The number of anilines is 1. The smallest absolute Gasteiger partial charge is 0.321 e. The number of carbonyl (C=O) groups is 2. The Kier molecular flexibility index (Phi) is 6.23. The van der Waals surface area contributed by atoms with Gasteiger partial charge in [-0.2, -0.15) is 0 Å². The molecular weight excluding hydrogens is 445 g/mol. The van der Waals surface area contributed by atoms with E-state index in [0.29, 0.717) is 13.1 Å². The molecule has 1 aliphatic heterocycles. The third-order valence-corrected chi connectivity index (χ3v) is 7.11. The molecule has 3 amide bonds. The van der Waals surface area contributed by atoms with Gasteiger partial charge in [0.1, 0.15) is 5.82 Å². The maximum absolute atomic E-state index is 13.1. The van der Waals surface area contributed by atoms with E-state index in [1.54, 1.807) is 16.6 Å². The van der Waals surface area contributed by atoms with Crippen molar-refractivity contribution in [1.29, 1.82) is 0 Å². The highest BCUT2D eigenvalue weighted by molar-refractivity contribution is 7.20. The molecule has 0 unspecified atom stereocenters. The van der Waals surface area contributed by atoms with Crippen LogP contribution in [0.5, 0.6) is 0 Å². The summed E-state index contributed by atoms with van der Waals surface area (Å²) >= 11 is 1.50. The lowest BCUT2D eigenvalue weighted by Crippen LogP contribution is -2.51. The molecule has 0 atom stereocenters. The fourth-order valence-corrected chi connectivity index (χ4v) is 5.27. The molecule has 0 radical (unpaired) electrons. The Balaban J connectivity index is 1.11. The molecule has 5 rings (SSSR count). The van der Waals surface area contributed by atoms with Crippen LogP contribution in [0.1, 0.15) is 25.7 Å². The zero-order valence-corrected chi connectivity index (χ0v) is 19.0. The molecule has 9 nitrogen and oxygen atoms in total. The van der Waals surface area contributed by atoms with Crippen LogP contribution in [0, 0.1) is 5.82 Å². The summed E-state index contributed by atoms with van der Waals surface area (Å²) in [5.41, 5.74) is 1.60. The fraction of sp³-hybridized carbons (Fsp3) is 0.455. The van der Waals surface area contributed by atoms with Crippen molar-refractivity contribution in [3.8, 4) is 11.3 Å². The number of aromatic nitrogens is 3. The van der Waals surface area contributed by atoms with Crippen LogP contribution in [0.25, 0.3) is 16.2 Å². The molecule has 1 saturated carbocycles. The number of benzene rings is 1. The number of hydrogen-bond acceptors (Lipinski definition) is 7. The summed E-state index contributed by atoms with van der Waals surface area (Å²) in [5.74, 6) is -0.552. The lowest BCUT2D eigenvalue weighted by Gasteiger charge is -2.33. The van der Waals surface area contributed by atoms with Gasteiger partial charge in [0.05, 0.1) is 18.4 Å². The van der Waals surface area contributed by atoms with E-state index < -0.39 is 6.03 Å². The van der Waals surface area contributed by atoms with Gasteiger partial charge < -0.3 is 10.2 Å². The van der Waals surface area contributed by atoms with Crippen molar-refractivity contribution in [2.45, 2.75) is 31.7 Å². The number of fused-ring (bicyclic) bond motifs is 1. The highest BCUT2D eigenvalue weighted by atomic mass is 32.1. The minimum absolute atomic E-state index is 0.187. The Bertz CT molecular complexity index is 1100. The average Bonchev–Trinajstić information content (AvgIpc) is 3.51. The largest absolute Gasteiger partial charge is 0.344 e. The van der Waals surface area contributed by atoms with E-state index in [1.807, 2.05) is 11.1 Å². The van der Waals surface area contributed by atoms with Crippen molar-refractivity contribution in [2.24, 2.45) is 0 Å². The molecule has 11 heteroatoms. The van der Waals surface area contributed by atoms with Crippen LogP contribution in [0.4, 0.5) is 14.3 Å². The Morgan fingerprint density at radius 1 is 1.09 bits per heavy atom. The fourth-order valence-electron chi connectivity index (χ4n) is 4.34. The van der Waals surface area contributed by atoms with Crippen molar-refractivity contribution in [2.75, 3.05) is 37.6 Å². The number of halogens is 1. The van der Waals surface area contributed by atoms with Gasteiger partial charge in [-0.05, 0) is 37.1 Å². The van der Waals surface area contributed by atoms with Gasteiger partial charge in [0, 0.05) is 37.8 Å². The van der Waals surface area contributed by atoms with Gasteiger partial charge in [-0.1, -0.05) is 24.2 Å². The molecule has 1 aliphatic carbocycles. The lowest BCUT2D eigenvalue weighted by atomic mass is 10.2. The molecule has 2 aliphatic rings. The summed E-state index contributed by atoms with van der Waals surface area (Å²) in [7, 11) is 0. The third kappa shape index (κ3) is 5.14. The quantitative estimate of drug-likeness (QED) is 0.594. The molecule has 1 saturated heterocycles. The number of amides is 3. The Morgan fingerprint density at radius 2 is 1.82 bits per heavy atom. The molecule has 2 fully saturated rings. The van der Waals surface area contributed by atoms with E-state index in [-0.39, 0.29) is 24.3 Å². The van der Waals surface area contributed by atoms with E-state index >= 15 is 0 Å². The predicted molar refractivity (Wildman–Crippen MR) is 124 cm³/mol. The second-order valence-corrected chi connectivity index (χ2v) is 9.45. The normalized spacial score (nSPS) is 17.5. The van der Waals surface area contributed by atoms with Crippen molar-refractivity contribution >= 4 is 33.4 Å². The number of rotatable bonds is 5. The molecule has 33 heavy (non-hydrogen) atoms. The summed E-state index contributed by atoms with van der Waals surface area (Å²) < 4.78 is 14.9. The molecular formula is C22H26FN7O2S. The minimum Gasteiger partial charge on any atom is -0.344 e. The van der Waals surface area contributed by atoms with Crippen molar-refractivity contribution in [3.63, 3.8) is 0 Å². The molecule has 0 bridgehead atoms. The monoisotopic (exact) mass is 471 g/mol. The summed E-state index contributed by atoms with van der Waals surface area (Å²) in [6.45, 7) is 3.10. The van der Waals surface area contributed by atoms with Crippen LogP contribution in [0.15, 0.2) is 30.5 Å². The maximum atomic E-state index is 13.1. The van der Waals surface area contributed by atoms with E-state index in [2.05, 4.69) is 25.6 Å². The highest BCUT2D eigenvalue weighted by Gasteiger charge is 2.23. The number of hydrogen-bond donors (Lipinski definition) is 2. The highest BCUT2D eigenvalue weighted by Crippen LogP contribution is 2.27. The van der Waals surface area contributed by atoms with Crippen LogP contribution in [-0.2, 0) is 4.79 Å². The van der Waals surface area contributed by atoms with Crippen molar-refractivity contribution in [3.05, 3.63) is 36.3 Å². The number of nitrogens with zero attached hydrogens (tertiary/aromatic N) is 5. The Hall–Kier alpha value is -3.05. The second kappa shape index (κ2) is 9.44. The van der Waals surface area contributed by atoms with Gasteiger partial charge >= 0.3 is 6.03 Å². The van der Waals surface area contributed by atoms with Crippen LogP contribution in [0.2, 0.25) is 0 Å². The van der Waals surface area contributed by atoms with Crippen LogP contribution >= 0.6 is 11.3 Å².